The molecule has 0 heterocycles. The molecule has 1 fully saturated rings. The van der Waals surface area contributed by atoms with Gasteiger partial charge in [-0.2, -0.15) is 0 Å². The molecular formula is C17H24ClN3O2. The van der Waals surface area contributed by atoms with Gasteiger partial charge in [0.05, 0.1) is 10.7 Å². The average molecular weight is 338 g/mol. The number of nitrogens with one attached hydrogen (secondary N) is 2. The second kappa shape index (κ2) is 7.79. The Balaban J connectivity index is 2.05. The monoisotopic (exact) mass is 337 g/mol. The fourth-order valence-corrected chi connectivity index (χ4v) is 3.36. The number of rotatable bonds is 5. The molecule has 0 spiro atoms. The highest BCUT2D eigenvalue weighted by molar-refractivity contribution is 6.33. The first-order valence-electron chi connectivity index (χ1n) is 8.01. The fraction of sp³-hybridized carbons (Fsp3) is 0.529. The van der Waals surface area contributed by atoms with Gasteiger partial charge in [0.1, 0.15) is 0 Å². The Hall–Kier alpha value is -1.59. The van der Waals surface area contributed by atoms with E-state index in [1.165, 1.54) is 13.3 Å². The van der Waals surface area contributed by atoms with Gasteiger partial charge >= 0.3 is 0 Å². The number of nitrogens with two attached hydrogens (primary N) is 1. The van der Waals surface area contributed by atoms with Crippen LogP contribution >= 0.6 is 11.6 Å². The van der Waals surface area contributed by atoms with E-state index >= 15 is 0 Å². The molecule has 0 unspecified atom stereocenters. The van der Waals surface area contributed by atoms with Crippen LogP contribution in [0, 0.1) is 5.41 Å². The second-order valence-corrected chi connectivity index (χ2v) is 6.77. The average Bonchev–Trinajstić information content (AvgIpc) is 2.51. The van der Waals surface area contributed by atoms with Crippen molar-refractivity contribution in [2.45, 2.75) is 45.4 Å². The molecule has 0 atom stereocenters. The summed E-state index contributed by atoms with van der Waals surface area (Å²) in [6.07, 6.45) is 5.87. The number of carbonyl (C=O) groups excluding carboxylic acids is 2. The first-order valence-corrected chi connectivity index (χ1v) is 8.39. The Kier molecular flexibility index (Phi) is 6.02. The smallest absolute Gasteiger partial charge is 0.225 e. The largest absolute Gasteiger partial charge is 0.330 e. The predicted molar refractivity (Wildman–Crippen MR) is 93.6 cm³/mol. The van der Waals surface area contributed by atoms with Crippen LogP contribution in [0.3, 0.4) is 0 Å². The molecule has 1 aliphatic carbocycles. The molecule has 2 amide bonds. The molecule has 6 heteroatoms. The normalized spacial score (nSPS) is 16.7. The Bertz CT molecular complexity index is 583. The van der Waals surface area contributed by atoms with Crippen molar-refractivity contribution in [1.82, 2.24) is 0 Å². The van der Waals surface area contributed by atoms with E-state index in [4.69, 9.17) is 17.3 Å². The van der Waals surface area contributed by atoms with Crippen molar-refractivity contribution < 1.29 is 9.59 Å². The lowest BCUT2D eigenvalue weighted by molar-refractivity contribution is -0.119. The zero-order valence-electron chi connectivity index (χ0n) is 13.5. The summed E-state index contributed by atoms with van der Waals surface area (Å²) in [4.78, 5) is 23.5. The van der Waals surface area contributed by atoms with Crippen LogP contribution in [0.2, 0.25) is 5.02 Å². The van der Waals surface area contributed by atoms with Crippen molar-refractivity contribution in [3.8, 4) is 0 Å². The second-order valence-electron chi connectivity index (χ2n) is 6.37. The quantitative estimate of drug-likeness (QED) is 0.768. The van der Waals surface area contributed by atoms with Crippen molar-refractivity contribution in [2.75, 3.05) is 17.2 Å². The van der Waals surface area contributed by atoms with Gasteiger partial charge in [-0.1, -0.05) is 30.9 Å². The van der Waals surface area contributed by atoms with Crippen molar-refractivity contribution in [3.63, 3.8) is 0 Å². The van der Waals surface area contributed by atoms with E-state index in [2.05, 4.69) is 10.6 Å². The molecule has 2 rings (SSSR count). The molecule has 23 heavy (non-hydrogen) atoms. The third-order valence-corrected chi connectivity index (χ3v) is 4.77. The Morgan fingerprint density at radius 2 is 1.91 bits per heavy atom. The van der Waals surface area contributed by atoms with Gasteiger partial charge in [0, 0.05) is 19.0 Å². The van der Waals surface area contributed by atoms with Gasteiger partial charge in [-0.05, 0) is 43.0 Å². The highest BCUT2D eigenvalue weighted by atomic mass is 35.5. The number of anilines is 2. The van der Waals surface area contributed by atoms with Crippen LogP contribution in [0.4, 0.5) is 11.4 Å². The van der Waals surface area contributed by atoms with Crippen molar-refractivity contribution in [2.24, 2.45) is 11.1 Å². The summed E-state index contributed by atoms with van der Waals surface area (Å²) in [5, 5.41) is 5.97. The summed E-state index contributed by atoms with van der Waals surface area (Å²) in [5.41, 5.74) is 6.95. The number of hydrogen-bond acceptors (Lipinski definition) is 3. The molecule has 0 aliphatic heterocycles. The summed E-state index contributed by atoms with van der Waals surface area (Å²) in [6, 6.07) is 5.02. The van der Waals surface area contributed by atoms with Crippen LogP contribution < -0.4 is 16.4 Å². The van der Waals surface area contributed by atoms with E-state index in [9.17, 15) is 9.59 Å². The summed E-state index contributed by atoms with van der Waals surface area (Å²) in [6.45, 7) is 1.96. The molecule has 1 aromatic carbocycles. The molecule has 1 aliphatic rings. The SMILES string of the molecule is CC(=O)Nc1ccc(Cl)c(NC(=O)CC2(CN)CCCCC2)c1. The van der Waals surface area contributed by atoms with Crippen LogP contribution in [-0.2, 0) is 9.59 Å². The third kappa shape index (κ3) is 4.94. The van der Waals surface area contributed by atoms with Crippen molar-refractivity contribution >= 4 is 34.8 Å². The standard InChI is InChI=1S/C17H24ClN3O2/c1-12(22)20-13-5-6-14(18)15(9-13)21-16(23)10-17(11-19)7-3-2-4-8-17/h5-6,9H,2-4,7-8,10-11,19H2,1H3,(H,20,22)(H,21,23). The molecule has 1 saturated carbocycles. The maximum absolute atomic E-state index is 12.4. The lowest BCUT2D eigenvalue weighted by atomic mass is 9.71. The van der Waals surface area contributed by atoms with E-state index in [0.717, 1.165) is 25.7 Å². The minimum Gasteiger partial charge on any atom is -0.330 e. The number of benzene rings is 1. The highest BCUT2D eigenvalue weighted by Crippen LogP contribution is 2.38. The first-order chi connectivity index (χ1) is 10.9. The molecule has 5 nitrogen and oxygen atoms in total. The Labute approximate surface area is 142 Å². The third-order valence-electron chi connectivity index (χ3n) is 4.44. The molecule has 0 bridgehead atoms. The van der Waals surface area contributed by atoms with Gasteiger partial charge in [-0.25, -0.2) is 0 Å². The Morgan fingerprint density at radius 3 is 2.52 bits per heavy atom. The van der Waals surface area contributed by atoms with E-state index in [-0.39, 0.29) is 17.2 Å². The highest BCUT2D eigenvalue weighted by Gasteiger charge is 2.33. The number of carbonyl (C=O) groups is 2. The van der Waals surface area contributed by atoms with E-state index < -0.39 is 0 Å². The minimum absolute atomic E-state index is 0.0841. The van der Waals surface area contributed by atoms with Gasteiger partial charge in [-0.15, -0.1) is 0 Å². The van der Waals surface area contributed by atoms with E-state index in [1.807, 2.05) is 0 Å². The molecule has 0 radical (unpaired) electrons. The zero-order chi connectivity index (χ0) is 16.9. The van der Waals surface area contributed by atoms with Crippen LogP contribution in [0.1, 0.15) is 45.4 Å². The van der Waals surface area contributed by atoms with Gasteiger partial charge in [0.2, 0.25) is 11.8 Å². The zero-order valence-corrected chi connectivity index (χ0v) is 14.2. The first kappa shape index (κ1) is 17.8. The summed E-state index contributed by atoms with van der Waals surface area (Å²) in [7, 11) is 0. The molecule has 1 aromatic rings. The molecule has 0 saturated heterocycles. The predicted octanol–water partition coefficient (Wildman–Crippen LogP) is 3.54. The summed E-state index contributed by atoms with van der Waals surface area (Å²) >= 11 is 6.14. The number of halogens is 1. The van der Waals surface area contributed by atoms with Crippen molar-refractivity contribution in [1.29, 1.82) is 0 Å². The van der Waals surface area contributed by atoms with Gasteiger partial charge in [0.25, 0.3) is 0 Å². The van der Waals surface area contributed by atoms with Crippen LogP contribution in [0.25, 0.3) is 0 Å². The van der Waals surface area contributed by atoms with Crippen molar-refractivity contribution in [3.05, 3.63) is 23.2 Å². The van der Waals surface area contributed by atoms with Crippen LogP contribution in [0.5, 0.6) is 0 Å². The minimum atomic E-state index is -0.172. The molecule has 0 aromatic heterocycles. The van der Waals surface area contributed by atoms with Gasteiger partial charge < -0.3 is 16.4 Å². The maximum atomic E-state index is 12.4. The molecule has 126 valence electrons. The molecule has 4 N–H and O–H groups in total. The fourth-order valence-electron chi connectivity index (χ4n) is 3.19. The molecular weight excluding hydrogens is 314 g/mol. The van der Waals surface area contributed by atoms with E-state index in [1.54, 1.807) is 18.2 Å². The van der Waals surface area contributed by atoms with Gasteiger partial charge in [-0.3, -0.25) is 9.59 Å². The summed E-state index contributed by atoms with van der Waals surface area (Å²) in [5.74, 6) is -0.256. The maximum Gasteiger partial charge on any atom is 0.225 e. The lowest BCUT2D eigenvalue weighted by Crippen LogP contribution is -2.36. The van der Waals surface area contributed by atoms with E-state index in [0.29, 0.717) is 29.4 Å². The topological polar surface area (TPSA) is 84.2 Å². The summed E-state index contributed by atoms with van der Waals surface area (Å²) < 4.78 is 0. The van der Waals surface area contributed by atoms with Crippen LogP contribution in [-0.4, -0.2) is 18.4 Å². The lowest BCUT2D eigenvalue weighted by Gasteiger charge is -2.35. The van der Waals surface area contributed by atoms with Crippen LogP contribution in [0.15, 0.2) is 18.2 Å². The number of hydrogen-bond donors (Lipinski definition) is 3. The Morgan fingerprint density at radius 1 is 1.22 bits per heavy atom. The number of amides is 2. The van der Waals surface area contributed by atoms with Gasteiger partial charge in [0.15, 0.2) is 0 Å².